The van der Waals surface area contributed by atoms with E-state index in [2.05, 4.69) is 66.9 Å². The molecule has 4 nitrogen and oxygen atoms in total. The molecule has 0 aromatic heterocycles. The molecule has 4 heteroatoms. The van der Waals surface area contributed by atoms with Crippen LogP contribution in [0.15, 0.2) is 82.7 Å². The zero-order valence-electron chi connectivity index (χ0n) is 16.7. The third kappa shape index (κ3) is 2.48. The van der Waals surface area contributed by atoms with Crippen LogP contribution in [0.25, 0.3) is 0 Å². The molecule has 1 saturated heterocycles. The maximum absolute atomic E-state index is 13.3. The van der Waals surface area contributed by atoms with E-state index in [-0.39, 0.29) is 17.3 Å². The average Bonchev–Trinajstić information content (AvgIpc) is 3.26. The highest BCUT2D eigenvalue weighted by molar-refractivity contribution is 6.03. The van der Waals surface area contributed by atoms with Crippen molar-refractivity contribution >= 4 is 5.78 Å². The number of hydrogen-bond donors (Lipinski definition) is 1. The summed E-state index contributed by atoms with van der Waals surface area (Å²) in [5, 5.41) is 0. The molecule has 0 spiro atoms. The van der Waals surface area contributed by atoms with Gasteiger partial charge in [-0.25, -0.2) is 0 Å². The molecule has 1 N–H and O–H groups in total. The van der Waals surface area contributed by atoms with Crippen LogP contribution < -0.4 is 5.48 Å². The number of nitrogens with zero attached hydrogens (tertiary/aromatic N) is 1. The van der Waals surface area contributed by atoms with Gasteiger partial charge in [-0.05, 0) is 55.7 Å². The van der Waals surface area contributed by atoms with Crippen LogP contribution in [0, 0.1) is 10.8 Å². The van der Waals surface area contributed by atoms with Crippen LogP contribution in [0.5, 0.6) is 0 Å². The van der Waals surface area contributed by atoms with Crippen molar-refractivity contribution in [1.82, 2.24) is 10.4 Å². The molecule has 1 aliphatic heterocycles. The molecule has 0 aromatic carbocycles. The van der Waals surface area contributed by atoms with Crippen molar-refractivity contribution in [2.24, 2.45) is 10.8 Å². The second-order valence-electron chi connectivity index (χ2n) is 8.80. The molecule has 0 amide bonds. The Morgan fingerprint density at radius 1 is 1.18 bits per heavy atom. The molecule has 3 atom stereocenters. The molecule has 5 rings (SSSR count). The zero-order chi connectivity index (χ0) is 19.5. The molecule has 0 radical (unpaired) electrons. The normalized spacial score (nSPS) is 36.0. The van der Waals surface area contributed by atoms with Gasteiger partial charge in [0.05, 0.1) is 17.2 Å². The first-order valence-electron chi connectivity index (χ1n) is 10.0. The molecular weight excluding hydrogens is 348 g/mol. The van der Waals surface area contributed by atoms with Crippen LogP contribution in [-0.4, -0.2) is 36.9 Å². The number of likely N-dealkylation sites (tertiary alicyclic amines) is 1. The number of rotatable bonds is 3. The van der Waals surface area contributed by atoms with Crippen molar-refractivity contribution in [2.45, 2.75) is 26.4 Å². The Balaban J connectivity index is 1.42. The lowest BCUT2D eigenvalue weighted by atomic mass is 9.61. The number of nitrogens with one attached hydrogen (secondary N) is 1. The van der Waals surface area contributed by atoms with Crippen molar-refractivity contribution in [3.63, 3.8) is 0 Å². The SMILES string of the molecule is CN1CC[C@H](ONC2=CC(=O)[C@@]3(C)C(=C2)C=CC2=C3C=C[C@]3(C)C=CC=C23)C1. The van der Waals surface area contributed by atoms with Gasteiger partial charge in [0.15, 0.2) is 5.78 Å². The van der Waals surface area contributed by atoms with E-state index in [1.807, 2.05) is 13.0 Å². The fraction of sp³-hybridized carbons (Fsp3) is 0.375. The van der Waals surface area contributed by atoms with E-state index >= 15 is 0 Å². The zero-order valence-corrected chi connectivity index (χ0v) is 16.7. The van der Waals surface area contributed by atoms with Gasteiger partial charge in [0.1, 0.15) is 0 Å². The molecule has 1 heterocycles. The largest absolute Gasteiger partial charge is 0.304 e. The summed E-state index contributed by atoms with van der Waals surface area (Å²) in [6, 6.07) is 0. The number of hydroxylamine groups is 1. The molecule has 28 heavy (non-hydrogen) atoms. The van der Waals surface area contributed by atoms with Crippen LogP contribution in [0.2, 0.25) is 0 Å². The van der Waals surface area contributed by atoms with E-state index in [1.54, 1.807) is 6.08 Å². The summed E-state index contributed by atoms with van der Waals surface area (Å²) in [5.74, 6) is 0.0938. The summed E-state index contributed by atoms with van der Waals surface area (Å²) in [6.07, 6.45) is 20.0. The van der Waals surface area contributed by atoms with Gasteiger partial charge in [-0.2, -0.15) is 0 Å². The number of ketones is 1. The van der Waals surface area contributed by atoms with Crippen molar-refractivity contribution in [2.75, 3.05) is 20.1 Å². The number of carbonyl (C=O) groups is 1. The Kier molecular flexibility index (Phi) is 3.80. The van der Waals surface area contributed by atoms with Crippen molar-refractivity contribution in [3.8, 4) is 0 Å². The fourth-order valence-corrected chi connectivity index (χ4v) is 4.90. The predicted molar refractivity (Wildman–Crippen MR) is 110 cm³/mol. The highest BCUT2D eigenvalue weighted by Gasteiger charge is 2.46. The first-order valence-corrected chi connectivity index (χ1v) is 10.0. The van der Waals surface area contributed by atoms with Gasteiger partial charge in [0, 0.05) is 24.6 Å². The summed E-state index contributed by atoms with van der Waals surface area (Å²) in [6.45, 7) is 6.20. The number of carbonyl (C=O) groups excluding carboxylic acids is 1. The van der Waals surface area contributed by atoms with Gasteiger partial charge in [-0.3, -0.25) is 15.1 Å². The van der Waals surface area contributed by atoms with Crippen LogP contribution in [-0.2, 0) is 9.63 Å². The first-order chi connectivity index (χ1) is 13.4. The summed E-state index contributed by atoms with van der Waals surface area (Å²) in [7, 11) is 2.09. The molecule has 1 fully saturated rings. The minimum absolute atomic E-state index is 0.0662. The summed E-state index contributed by atoms with van der Waals surface area (Å²) >= 11 is 0. The Labute approximate surface area is 166 Å². The van der Waals surface area contributed by atoms with Crippen LogP contribution >= 0.6 is 0 Å². The van der Waals surface area contributed by atoms with E-state index in [0.717, 1.165) is 36.4 Å². The Bertz CT molecular complexity index is 975. The molecule has 0 saturated carbocycles. The van der Waals surface area contributed by atoms with Crippen LogP contribution in [0.4, 0.5) is 0 Å². The molecule has 0 aromatic rings. The number of fused-ring (bicyclic) bond motifs is 4. The second kappa shape index (κ2) is 6.03. The smallest absolute Gasteiger partial charge is 0.172 e. The monoisotopic (exact) mass is 374 g/mol. The maximum Gasteiger partial charge on any atom is 0.172 e. The Hall–Kier alpha value is -2.43. The minimum Gasteiger partial charge on any atom is -0.304 e. The lowest BCUT2D eigenvalue weighted by Crippen LogP contribution is -2.38. The Morgan fingerprint density at radius 3 is 2.82 bits per heavy atom. The molecule has 0 unspecified atom stereocenters. The number of likely N-dealkylation sites (N-methyl/N-ethyl adjacent to an activating group) is 1. The molecular formula is C24H26N2O2. The van der Waals surface area contributed by atoms with E-state index in [9.17, 15) is 4.79 Å². The lowest BCUT2D eigenvalue weighted by Gasteiger charge is -2.41. The maximum atomic E-state index is 13.3. The highest BCUT2D eigenvalue weighted by Crippen LogP contribution is 2.53. The van der Waals surface area contributed by atoms with Gasteiger partial charge in [-0.15, -0.1) is 0 Å². The summed E-state index contributed by atoms with van der Waals surface area (Å²) < 4.78 is 0. The third-order valence-electron chi connectivity index (χ3n) is 6.79. The lowest BCUT2D eigenvalue weighted by molar-refractivity contribution is -0.120. The summed E-state index contributed by atoms with van der Waals surface area (Å²) in [4.78, 5) is 21.3. The van der Waals surface area contributed by atoms with Gasteiger partial charge in [0.2, 0.25) is 0 Å². The van der Waals surface area contributed by atoms with Crippen LogP contribution in [0.1, 0.15) is 20.3 Å². The highest BCUT2D eigenvalue weighted by atomic mass is 16.7. The third-order valence-corrected chi connectivity index (χ3v) is 6.79. The minimum atomic E-state index is -0.649. The van der Waals surface area contributed by atoms with Crippen molar-refractivity contribution in [3.05, 3.63) is 82.7 Å². The van der Waals surface area contributed by atoms with E-state index in [4.69, 9.17) is 4.84 Å². The van der Waals surface area contributed by atoms with Gasteiger partial charge >= 0.3 is 0 Å². The van der Waals surface area contributed by atoms with Crippen molar-refractivity contribution < 1.29 is 9.63 Å². The van der Waals surface area contributed by atoms with E-state index < -0.39 is 5.41 Å². The predicted octanol–water partition coefficient (Wildman–Crippen LogP) is 3.55. The standard InChI is InChI=1S/C24H26N2O2/c1-23-10-4-5-20(23)19-7-6-16-13-17(25-28-18-9-12-26(3)15-18)14-22(27)24(16,2)21(19)8-11-23/h4-8,10-11,13-14,18,25H,9,12,15H2,1-3H3/t18-,23-,24-/m0/s1. The topological polar surface area (TPSA) is 41.6 Å². The van der Waals surface area contributed by atoms with E-state index in [0.29, 0.717) is 0 Å². The summed E-state index contributed by atoms with van der Waals surface area (Å²) in [5.41, 5.74) is 7.59. The van der Waals surface area contributed by atoms with E-state index in [1.165, 1.54) is 11.1 Å². The Morgan fingerprint density at radius 2 is 2.04 bits per heavy atom. The van der Waals surface area contributed by atoms with Gasteiger partial charge in [0.25, 0.3) is 0 Å². The second-order valence-corrected chi connectivity index (χ2v) is 8.80. The number of hydrogen-bond acceptors (Lipinski definition) is 4. The fourth-order valence-electron chi connectivity index (χ4n) is 4.90. The molecule has 0 bridgehead atoms. The molecule has 144 valence electrons. The van der Waals surface area contributed by atoms with Gasteiger partial charge in [-0.1, -0.05) is 42.5 Å². The first kappa shape index (κ1) is 17.7. The molecule has 4 aliphatic carbocycles. The average molecular weight is 374 g/mol. The van der Waals surface area contributed by atoms with Gasteiger partial charge < -0.3 is 4.90 Å². The van der Waals surface area contributed by atoms with Crippen LogP contribution in [0.3, 0.4) is 0 Å². The van der Waals surface area contributed by atoms with Crippen molar-refractivity contribution in [1.29, 1.82) is 0 Å². The molecule has 5 aliphatic rings. The quantitative estimate of drug-likeness (QED) is 0.767. The number of allylic oxidation sites excluding steroid dienone is 13.